The summed E-state index contributed by atoms with van der Waals surface area (Å²) >= 11 is 23.8. The summed E-state index contributed by atoms with van der Waals surface area (Å²) in [6.45, 7) is 0. The van der Waals surface area contributed by atoms with Crippen LogP contribution in [-0.4, -0.2) is 4.98 Å². The molecule has 0 saturated carbocycles. The molecule has 0 aliphatic carbocycles. The van der Waals surface area contributed by atoms with Gasteiger partial charge in [0.15, 0.2) is 0 Å². The third kappa shape index (κ3) is 3.61. The highest BCUT2D eigenvalue weighted by Crippen LogP contribution is 2.31. The molecule has 0 saturated heterocycles. The van der Waals surface area contributed by atoms with Crippen LogP contribution in [0.25, 0.3) is 22.5 Å². The Labute approximate surface area is 152 Å². The first-order valence-electron chi connectivity index (χ1n) is 6.52. The van der Waals surface area contributed by atoms with Gasteiger partial charge in [-0.15, -0.1) is 0 Å². The van der Waals surface area contributed by atoms with E-state index in [1.54, 1.807) is 36.4 Å². The lowest BCUT2D eigenvalue weighted by Crippen LogP contribution is -1.91. The van der Waals surface area contributed by atoms with Crippen LogP contribution >= 0.6 is 46.4 Å². The highest BCUT2D eigenvalue weighted by Gasteiger charge is 2.10. The summed E-state index contributed by atoms with van der Waals surface area (Å²) in [5.74, 6) is -0.415. The molecule has 0 aliphatic rings. The molecule has 3 aromatic rings. The molecular weight excluding hydrogens is 379 g/mol. The Morgan fingerprint density at radius 3 is 1.43 bits per heavy atom. The predicted octanol–water partition coefficient (Wildman–Crippen LogP) is 7.17. The molecule has 0 bridgehead atoms. The molecule has 1 heterocycles. The molecule has 0 amide bonds. The first-order chi connectivity index (χ1) is 10.9. The van der Waals surface area contributed by atoms with E-state index in [-0.39, 0.29) is 0 Å². The van der Waals surface area contributed by atoms with Crippen molar-refractivity contribution >= 4 is 46.4 Å². The van der Waals surface area contributed by atoms with E-state index >= 15 is 0 Å². The van der Waals surface area contributed by atoms with Crippen LogP contribution in [0.15, 0.2) is 48.5 Å². The van der Waals surface area contributed by atoms with Gasteiger partial charge in [0, 0.05) is 23.3 Å². The van der Waals surface area contributed by atoms with E-state index in [1.807, 2.05) is 0 Å². The molecule has 2 aromatic carbocycles. The average molecular weight is 387 g/mol. The lowest BCUT2D eigenvalue weighted by Gasteiger charge is -2.08. The van der Waals surface area contributed by atoms with Gasteiger partial charge < -0.3 is 0 Å². The molecule has 3 rings (SSSR count). The van der Waals surface area contributed by atoms with Crippen molar-refractivity contribution in [3.8, 4) is 22.5 Å². The minimum Gasteiger partial charge on any atom is -0.248 e. The summed E-state index contributed by atoms with van der Waals surface area (Å²) in [6.07, 6.45) is 0. The molecule has 116 valence electrons. The lowest BCUT2D eigenvalue weighted by molar-refractivity contribution is 0.627. The summed E-state index contributed by atoms with van der Waals surface area (Å²) in [5.41, 5.74) is 2.23. The van der Waals surface area contributed by atoms with Crippen molar-refractivity contribution in [2.75, 3.05) is 0 Å². The third-order valence-corrected chi connectivity index (χ3v) is 4.70. The SMILES string of the molecule is Fc1cc(-c2ccc(Cl)c(Cl)c2)nc(-c2ccc(Cl)c(Cl)c2)c1. The van der Waals surface area contributed by atoms with Gasteiger partial charge >= 0.3 is 0 Å². The molecule has 0 fully saturated rings. The van der Waals surface area contributed by atoms with E-state index in [2.05, 4.69) is 4.98 Å². The minimum atomic E-state index is -0.415. The van der Waals surface area contributed by atoms with E-state index in [0.717, 1.165) is 0 Å². The highest BCUT2D eigenvalue weighted by molar-refractivity contribution is 6.42. The Hall–Kier alpha value is -1.32. The predicted molar refractivity (Wildman–Crippen MR) is 95.1 cm³/mol. The molecule has 0 aliphatic heterocycles. The molecule has 1 aromatic heterocycles. The van der Waals surface area contributed by atoms with E-state index in [9.17, 15) is 4.39 Å². The first kappa shape index (κ1) is 16.5. The number of nitrogens with zero attached hydrogens (tertiary/aromatic N) is 1. The summed E-state index contributed by atoms with van der Waals surface area (Å²) in [4.78, 5) is 4.47. The summed E-state index contributed by atoms with van der Waals surface area (Å²) in [6, 6.07) is 12.7. The molecule has 0 spiro atoms. The van der Waals surface area contributed by atoms with E-state index < -0.39 is 5.82 Å². The van der Waals surface area contributed by atoms with Crippen LogP contribution in [-0.2, 0) is 0 Å². The standard InChI is InChI=1S/C17H8Cl4FN/c18-12-3-1-9(5-14(12)20)16-7-11(22)8-17(23-16)10-2-4-13(19)15(21)6-10/h1-8H. The molecular formula is C17H8Cl4FN. The van der Waals surface area contributed by atoms with Gasteiger partial charge in [-0.2, -0.15) is 0 Å². The second kappa shape index (κ2) is 6.66. The topological polar surface area (TPSA) is 12.9 Å². The van der Waals surface area contributed by atoms with E-state index in [4.69, 9.17) is 46.4 Å². The molecule has 0 atom stereocenters. The fourth-order valence-electron chi connectivity index (χ4n) is 2.10. The van der Waals surface area contributed by atoms with Crippen molar-refractivity contribution in [2.45, 2.75) is 0 Å². The van der Waals surface area contributed by atoms with Gasteiger partial charge in [0.25, 0.3) is 0 Å². The van der Waals surface area contributed by atoms with Gasteiger partial charge in [0.1, 0.15) is 5.82 Å². The van der Waals surface area contributed by atoms with Crippen LogP contribution in [0.4, 0.5) is 4.39 Å². The van der Waals surface area contributed by atoms with Crippen LogP contribution < -0.4 is 0 Å². The Morgan fingerprint density at radius 2 is 1.04 bits per heavy atom. The fraction of sp³-hybridized carbons (Fsp3) is 0. The Balaban J connectivity index is 2.11. The van der Waals surface area contributed by atoms with Crippen LogP contribution in [0.3, 0.4) is 0 Å². The summed E-state index contributed by atoms with van der Waals surface area (Å²) in [7, 11) is 0. The van der Waals surface area contributed by atoms with Gasteiger partial charge in [-0.25, -0.2) is 9.37 Å². The maximum absolute atomic E-state index is 14.0. The van der Waals surface area contributed by atoms with Crippen LogP contribution in [0, 0.1) is 5.82 Å². The zero-order chi connectivity index (χ0) is 16.6. The molecule has 0 unspecified atom stereocenters. The smallest absolute Gasteiger partial charge is 0.127 e. The number of benzene rings is 2. The fourth-order valence-corrected chi connectivity index (χ4v) is 2.70. The van der Waals surface area contributed by atoms with E-state index in [0.29, 0.717) is 42.6 Å². The zero-order valence-corrected chi connectivity index (χ0v) is 14.5. The largest absolute Gasteiger partial charge is 0.248 e. The number of aromatic nitrogens is 1. The van der Waals surface area contributed by atoms with Crippen LogP contribution in [0.5, 0.6) is 0 Å². The van der Waals surface area contributed by atoms with Crippen molar-refractivity contribution in [1.29, 1.82) is 0 Å². The van der Waals surface area contributed by atoms with Gasteiger partial charge in [-0.3, -0.25) is 0 Å². The van der Waals surface area contributed by atoms with Gasteiger partial charge in [-0.05, 0) is 24.3 Å². The van der Waals surface area contributed by atoms with Crippen LogP contribution in [0.2, 0.25) is 20.1 Å². The van der Waals surface area contributed by atoms with Gasteiger partial charge in [-0.1, -0.05) is 58.5 Å². The van der Waals surface area contributed by atoms with Crippen molar-refractivity contribution in [3.63, 3.8) is 0 Å². The van der Waals surface area contributed by atoms with Crippen molar-refractivity contribution in [3.05, 3.63) is 74.4 Å². The Morgan fingerprint density at radius 1 is 0.609 bits per heavy atom. The molecule has 1 nitrogen and oxygen atoms in total. The lowest BCUT2D eigenvalue weighted by atomic mass is 10.1. The van der Waals surface area contributed by atoms with Crippen molar-refractivity contribution < 1.29 is 4.39 Å². The second-order valence-electron chi connectivity index (χ2n) is 4.81. The van der Waals surface area contributed by atoms with Gasteiger partial charge in [0.2, 0.25) is 0 Å². The van der Waals surface area contributed by atoms with Crippen molar-refractivity contribution in [1.82, 2.24) is 4.98 Å². The Bertz CT molecular complexity index is 826. The molecule has 0 radical (unpaired) electrons. The van der Waals surface area contributed by atoms with Crippen molar-refractivity contribution in [2.24, 2.45) is 0 Å². The maximum atomic E-state index is 14.0. The monoisotopic (exact) mass is 385 g/mol. The Kier molecular flexibility index (Phi) is 4.79. The van der Waals surface area contributed by atoms with Gasteiger partial charge in [0.05, 0.1) is 31.5 Å². The number of pyridine rings is 1. The maximum Gasteiger partial charge on any atom is 0.127 e. The quantitative estimate of drug-likeness (QED) is 0.454. The molecule has 0 N–H and O–H groups in total. The number of rotatable bonds is 2. The molecule has 23 heavy (non-hydrogen) atoms. The van der Waals surface area contributed by atoms with E-state index in [1.165, 1.54) is 12.1 Å². The summed E-state index contributed by atoms with van der Waals surface area (Å²) < 4.78 is 14.0. The average Bonchev–Trinajstić information content (AvgIpc) is 2.52. The summed E-state index contributed by atoms with van der Waals surface area (Å²) in [5, 5.41) is 1.62. The first-order valence-corrected chi connectivity index (χ1v) is 8.03. The highest BCUT2D eigenvalue weighted by atomic mass is 35.5. The normalized spacial score (nSPS) is 10.8. The molecule has 6 heteroatoms. The van der Waals surface area contributed by atoms with Crippen LogP contribution in [0.1, 0.15) is 0 Å². The number of halogens is 5. The number of hydrogen-bond acceptors (Lipinski definition) is 1. The second-order valence-corrected chi connectivity index (χ2v) is 6.44. The third-order valence-electron chi connectivity index (χ3n) is 3.22. The zero-order valence-electron chi connectivity index (χ0n) is 11.5. The number of hydrogen-bond donors (Lipinski definition) is 0. The minimum absolute atomic E-state index is 0.381.